The molecular weight excluding hydrogens is 235 g/mol. The summed E-state index contributed by atoms with van der Waals surface area (Å²) in [7, 11) is 0. The minimum absolute atomic E-state index is 0.0653. The first-order valence-electron chi connectivity index (χ1n) is 2.90. The van der Waals surface area contributed by atoms with Crippen molar-refractivity contribution in [3.8, 4) is 0 Å². The molecular formula is C5H6BrClN2O2. The Morgan fingerprint density at radius 1 is 1.55 bits per heavy atom. The van der Waals surface area contributed by atoms with E-state index < -0.39 is 11.6 Å². The van der Waals surface area contributed by atoms with Gasteiger partial charge in [0.25, 0.3) is 5.91 Å². The summed E-state index contributed by atoms with van der Waals surface area (Å²) < 4.78 is 0. The zero-order valence-electron chi connectivity index (χ0n) is 5.49. The van der Waals surface area contributed by atoms with Gasteiger partial charge in [0.05, 0.1) is 5.88 Å². The van der Waals surface area contributed by atoms with E-state index in [2.05, 4.69) is 26.6 Å². The molecule has 62 valence electrons. The zero-order chi connectivity index (χ0) is 8.48. The molecule has 11 heavy (non-hydrogen) atoms. The number of carbonyl (C=O) groups excluding carboxylic acids is 2. The minimum atomic E-state index is -0.960. The Balaban J connectivity index is 2.84. The summed E-state index contributed by atoms with van der Waals surface area (Å²) in [5, 5.41) is 4.86. The van der Waals surface area contributed by atoms with Crippen molar-refractivity contribution < 1.29 is 9.59 Å². The van der Waals surface area contributed by atoms with Crippen LogP contribution in [-0.4, -0.2) is 28.7 Å². The third kappa shape index (κ3) is 1.35. The second-order valence-corrected chi connectivity index (χ2v) is 3.09. The molecule has 0 aliphatic carbocycles. The first-order chi connectivity index (χ1) is 5.14. The summed E-state index contributed by atoms with van der Waals surface area (Å²) in [5.41, 5.74) is -0.960. The molecule has 0 bridgehead atoms. The van der Waals surface area contributed by atoms with Gasteiger partial charge in [-0.2, -0.15) is 0 Å². The van der Waals surface area contributed by atoms with Crippen LogP contribution in [-0.2, 0) is 4.79 Å². The van der Waals surface area contributed by atoms with Crippen molar-refractivity contribution in [2.45, 2.75) is 5.54 Å². The number of hydrogen-bond acceptors (Lipinski definition) is 2. The lowest BCUT2D eigenvalue weighted by molar-refractivity contribution is -0.122. The van der Waals surface area contributed by atoms with Gasteiger partial charge in [-0.3, -0.25) is 10.1 Å². The highest BCUT2D eigenvalue weighted by molar-refractivity contribution is 9.09. The van der Waals surface area contributed by atoms with Crippen molar-refractivity contribution in [2.75, 3.05) is 11.2 Å². The maximum atomic E-state index is 11.1. The van der Waals surface area contributed by atoms with Gasteiger partial charge in [-0.05, 0) is 0 Å². The fourth-order valence-corrected chi connectivity index (χ4v) is 1.86. The predicted molar refractivity (Wildman–Crippen MR) is 43.9 cm³/mol. The fraction of sp³-hybridized carbons (Fsp3) is 0.600. The molecule has 4 nitrogen and oxygen atoms in total. The third-order valence-electron chi connectivity index (χ3n) is 1.47. The van der Waals surface area contributed by atoms with E-state index in [1.807, 2.05) is 0 Å². The van der Waals surface area contributed by atoms with Gasteiger partial charge in [0, 0.05) is 5.33 Å². The average Bonchev–Trinajstić information content (AvgIpc) is 2.27. The van der Waals surface area contributed by atoms with Gasteiger partial charge in [-0.1, -0.05) is 15.9 Å². The molecule has 1 aliphatic heterocycles. The van der Waals surface area contributed by atoms with Crippen molar-refractivity contribution >= 4 is 39.5 Å². The maximum Gasteiger partial charge on any atom is 0.322 e. The van der Waals surface area contributed by atoms with Gasteiger partial charge >= 0.3 is 6.03 Å². The van der Waals surface area contributed by atoms with Crippen LogP contribution in [0, 0.1) is 0 Å². The van der Waals surface area contributed by atoms with Gasteiger partial charge in [0.1, 0.15) is 5.54 Å². The van der Waals surface area contributed by atoms with E-state index in [0.29, 0.717) is 5.33 Å². The molecule has 0 spiro atoms. The van der Waals surface area contributed by atoms with E-state index in [-0.39, 0.29) is 11.8 Å². The van der Waals surface area contributed by atoms with Gasteiger partial charge in [-0.25, -0.2) is 4.79 Å². The molecule has 3 amide bonds. The monoisotopic (exact) mass is 240 g/mol. The number of carbonyl (C=O) groups is 2. The van der Waals surface area contributed by atoms with E-state index in [4.69, 9.17) is 11.6 Å². The smallest absolute Gasteiger partial charge is 0.321 e. The Bertz CT molecular complexity index is 205. The number of alkyl halides is 2. The Hall–Kier alpha value is -0.290. The highest BCUT2D eigenvalue weighted by atomic mass is 79.9. The molecule has 1 atom stereocenters. The Labute approximate surface area is 76.8 Å². The number of hydrogen-bond donors (Lipinski definition) is 2. The summed E-state index contributed by atoms with van der Waals surface area (Å²) in [6.07, 6.45) is 0. The number of urea groups is 1. The van der Waals surface area contributed by atoms with Crippen molar-refractivity contribution in [3.63, 3.8) is 0 Å². The van der Waals surface area contributed by atoms with Crippen LogP contribution in [0.3, 0.4) is 0 Å². The first-order valence-corrected chi connectivity index (χ1v) is 4.56. The summed E-state index contributed by atoms with van der Waals surface area (Å²) in [4.78, 5) is 21.7. The largest absolute Gasteiger partial charge is 0.322 e. The van der Waals surface area contributed by atoms with Crippen LogP contribution in [0.1, 0.15) is 0 Å². The van der Waals surface area contributed by atoms with Crippen molar-refractivity contribution in [1.29, 1.82) is 0 Å². The van der Waals surface area contributed by atoms with Crippen molar-refractivity contribution in [2.24, 2.45) is 0 Å². The number of imide groups is 1. The molecule has 0 aromatic carbocycles. The maximum absolute atomic E-state index is 11.1. The Morgan fingerprint density at radius 2 is 2.18 bits per heavy atom. The summed E-state index contributed by atoms with van der Waals surface area (Å²) in [6, 6.07) is -0.491. The topological polar surface area (TPSA) is 58.2 Å². The molecule has 0 aromatic heterocycles. The molecule has 2 N–H and O–H groups in total. The van der Waals surface area contributed by atoms with E-state index >= 15 is 0 Å². The standard InChI is InChI=1S/C5H6BrClN2O2/c6-1-5(2-7)3(10)8-4(11)9-5/h1-2H2,(H2,8,9,10,11)/t5-/m0/s1. The highest BCUT2D eigenvalue weighted by Crippen LogP contribution is 2.15. The number of rotatable bonds is 2. The second-order valence-electron chi connectivity index (χ2n) is 2.26. The molecule has 1 saturated heterocycles. The lowest BCUT2D eigenvalue weighted by Gasteiger charge is -2.18. The molecule has 1 aliphatic rings. The lowest BCUT2D eigenvalue weighted by atomic mass is 10.1. The number of nitrogens with one attached hydrogen (secondary N) is 2. The van der Waals surface area contributed by atoms with E-state index in [1.54, 1.807) is 0 Å². The van der Waals surface area contributed by atoms with Crippen LogP contribution in [0.15, 0.2) is 0 Å². The van der Waals surface area contributed by atoms with Gasteiger partial charge < -0.3 is 5.32 Å². The normalized spacial score (nSPS) is 30.0. The quantitative estimate of drug-likeness (QED) is 0.536. The van der Waals surface area contributed by atoms with E-state index in [1.165, 1.54) is 0 Å². The SMILES string of the molecule is O=C1NC(=O)[C@@](CCl)(CBr)N1. The molecule has 0 unspecified atom stereocenters. The number of halogens is 2. The van der Waals surface area contributed by atoms with Crippen LogP contribution in [0.2, 0.25) is 0 Å². The van der Waals surface area contributed by atoms with Gasteiger partial charge in [0.2, 0.25) is 0 Å². The zero-order valence-corrected chi connectivity index (χ0v) is 7.83. The third-order valence-corrected chi connectivity index (χ3v) is 2.88. The predicted octanol–water partition coefficient (Wildman–Crippen LogP) is 0.198. The lowest BCUT2D eigenvalue weighted by Crippen LogP contribution is -2.50. The fourth-order valence-electron chi connectivity index (χ4n) is 0.752. The Morgan fingerprint density at radius 3 is 2.36 bits per heavy atom. The molecule has 6 heteroatoms. The van der Waals surface area contributed by atoms with Crippen LogP contribution in [0.5, 0.6) is 0 Å². The summed E-state index contributed by atoms with van der Waals surface area (Å²) in [5.74, 6) is -0.315. The molecule has 1 fully saturated rings. The summed E-state index contributed by atoms with van der Waals surface area (Å²) >= 11 is 8.62. The van der Waals surface area contributed by atoms with Gasteiger partial charge in [-0.15, -0.1) is 11.6 Å². The van der Waals surface area contributed by atoms with Crippen LogP contribution in [0.4, 0.5) is 4.79 Å². The minimum Gasteiger partial charge on any atom is -0.321 e. The molecule has 0 saturated carbocycles. The van der Waals surface area contributed by atoms with Gasteiger partial charge in [0.15, 0.2) is 0 Å². The molecule has 0 aromatic rings. The molecule has 1 rings (SSSR count). The second kappa shape index (κ2) is 2.98. The van der Waals surface area contributed by atoms with E-state index in [0.717, 1.165) is 0 Å². The molecule has 1 heterocycles. The first kappa shape index (κ1) is 8.80. The average molecular weight is 241 g/mol. The summed E-state index contributed by atoms with van der Waals surface area (Å²) in [6.45, 7) is 0. The number of amides is 3. The van der Waals surface area contributed by atoms with Crippen molar-refractivity contribution in [3.05, 3.63) is 0 Å². The molecule has 0 radical (unpaired) electrons. The van der Waals surface area contributed by atoms with Crippen LogP contribution < -0.4 is 10.6 Å². The van der Waals surface area contributed by atoms with Crippen LogP contribution in [0.25, 0.3) is 0 Å². The van der Waals surface area contributed by atoms with Crippen molar-refractivity contribution in [1.82, 2.24) is 10.6 Å². The van der Waals surface area contributed by atoms with Crippen LogP contribution >= 0.6 is 27.5 Å². The van der Waals surface area contributed by atoms with E-state index in [9.17, 15) is 9.59 Å². The highest BCUT2D eigenvalue weighted by Gasteiger charge is 2.44. The Kier molecular flexibility index (Phi) is 2.39.